The lowest BCUT2D eigenvalue weighted by Gasteiger charge is -2.29. The molecule has 1 aromatic rings. The normalized spacial score (nSPS) is 23.7. The number of rotatable bonds is 5. The molecule has 1 saturated heterocycles. The highest BCUT2D eigenvalue weighted by Gasteiger charge is 2.38. The van der Waals surface area contributed by atoms with E-state index in [1.807, 2.05) is 51.1 Å². The first-order valence-electron chi connectivity index (χ1n) is 6.83. The molecule has 0 amide bonds. The van der Waals surface area contributed by atoms with Gasteiger partial charge in [-0.1, -0.05) is 37.3 Å². The fraction of sp³-hybridized carbons (Fsp3) is 0.600. The Balaban J connectivity index is 1.98. The number of hydrogen-bond acceptors (Lipinski definition) is 4. The molecule has 2 rings (SSSR count). The summed E-state index contributed by atoms with van der Waals surface area (Å²) in [4.78, 5) is 0. The number of nitrogens with zero attached hydrogens (tertiary/aromatic N) is 1. The van der Waals surface area contributed by atoms with Crippen molar-refractivity contribution in [2.45, 2.75) is 51.7 Å². The Hall–Kier alpha value is -0.940. The minimum atomic E-state index is -0.550. The molecule has 0 radical (unpaired) electrons. The first-order valence-corrected chi connectivity index (χ1v) is 6.83. The zero-order chi connectivity index (χ0) is 13.9. The Morgan fingerprint density at radius 1 is 1.37 bits per heavy atom. The van der Waals surface area contributed by atoms with E-state index in [1.54, 1.807) is 0 Å². The number of hydrogen-bond donors (Lipinski definition) is 1. The second-order valence-corrected chi connectivity index (χ2v) is 5.43. The van der Waals surface area contributed by atoms with Gasteiger partial charge in [-0.3, -0.25) is 0 Å². The molecule has 2 atom stereocenters. The van der Waals surface area contributed by atoms with E-state index < -0.39 is 5.79 Å². The zero-order valence-corrected chi connectivity index (χ0v) is 11.9. The molecule has 0 spiro atoms. The van der Waals surface area contributed by atoms with Crippen LogP contribution in [0.15, 0.2) is 30.3 Å². The van der Waals surface area contributed by atoms with Gasteiger partial charge in [-0.25, -0.2) is 0 Å². The molecule has 4 heteroatoms. The van der Waals surface area contributed by atoms with Crippen molar-refractivity contribution in [1.82, 2.24) is 5.06 Å². The SMILES string of the molecule is CCC([C@H]1COC(C)(C)O1)N(O)Cc1ccccc1. The second kappa shape index (κ2) is 6.01. The van der Waals surface area contributed by atoms with Gasteiger partial charge in [0.1, 0.15) is 6.10 Å². The van der Waals surface area contributed by atoms with Gasteiger partial charge in [0.2, 0.25) is 0 Å². The Bertz CT molecular complexity index is 394. The number of hydroxylamine groups is 2. The maximum absolute atomic E-state index is 10.3. The molecule has 0 saturated carbocycles. The van der Waals surface area contributed by atoms with Crippen LogP contribution in [0.3, 0.4) is 0 Å². The first-order chi connectivity index (χ1) is 9.02. The standard InChI is InChI=1S/C15H23NO3/c1-4-13(14-11-18-15(2,3)19-14)16(17)10-12-8-6-5-7-9-12/h5-9,13-14,17H,4,10-11H2,1-3H3/t13?,14-/m1/s1. The Morgan fingerprint density at radius 2 is 2.05 bits per heavy atom. The van der Waals surface area contributed by atoms with E-state index in [0.29, 0.717) is 13.2 Å². The Morgan fingerprint density at radius 3 is 2.58 bits per heavy atom. The van der Waals surface area contributed by atoms with Crippen molar-refractivity contribution in [2.75, 3.05) is 6.61 Å². The quantitative estimate of drug-likeness (QED) is 0.831. The third-order valence-corrected chi connectivity index (χ3v) is 3.45. The number of ether oxygens (including phenoxy) is 2. The highest BCUT2D eigenvalue weighted by molar-refractivity contribution is 5.14. The summed E-state index contributed by atoms with van der Waals surface area (Å²) in [7, 11) is 0. The van der Waals surface area contributed by atoms with E-state index >= 15 is 0 Å². The molecule has 1 unspecified atom stereocenters. The van der Waals surface area contributed by atoms with Crippen LogP contribution in [-0.4, -0.2) is 34.8 Å². The summed E-state index contributed by atoms with van der Waals surface area (Å²) >= 11 is 0. The van der Waals surface area contributed by atoms with Crippen LogP contribution in [0.25, 0.3) is 0 Å². The van der Waals surface area contributed by atoms with E-state index in [2.05, 4.69) is 0 Å². The molecule has 1 heterocycles. The third-order valence-electron chi connectivity index (χ3n) is 3.45. The van der Waals surface area contributed by atoms with E-state index in [-0.39, 0.29) is 12.1 Å². The van der Waals surface area contributed by atoms with Gasteiger partial charge in [-0.05, 0) is 25.8 Å². The Labute approximate surface area is 114 Å². The van der Waals surface area contributed by atoms with Crippen molar-refractivity contribution in [1.29, 1.82) is 0 Å². The number of benzene rings is 1. The monoisotopic (exact) mass is 265 g/mol. The molecule has 1 aromatic carbocycles. The van der Waals surface area contributed by atoms with Gasteiger partial charge in [0.15, 0.2) is 5.79 Å². The van der Waals surface area contributed by atoms with E-state index in [1.165, 1.54) is 5.06 Å². The molecule has 0 aliphatic carbocycles. The van der Waals surface area contributed by atoms with Crippen molar-refractivity contribution < 1.29 is 14.7 Å². The molecule has 1 N–H and O–H groups in total. The molecule has 0 aromatic heterocycles. The highest BCUT2D eigenvalue weighted by atomic mass is 16.7. The summed E-state index contributed by atoms with van der Waals surface area (Å²) in [5, 5.41) is 11.7. The zero-order valence-electron chi connectivity index (χ0n) is 11.9. The van der Waals surface area contributed by atoms with Crippen LogP contribution in [0, 0.1) is 0 Å². The molecule has 4 nitrogen and oxygen atoms in total. The van der Waals surface area contributed by atoms with Crippen molar-refractivity contribution in [3.05, 3.63) is 35.9 Å². The second-order valence-electron chi connectivity index (χ2n) is 5.43. The van der Waals surface area contributed by atoms with Gasteiger partial charge < -0.3 is 14.7 Å². The first kappa shape index (κ1) is 14.5. The van der Waals surface area contributed by atoms with Crippen LogP contribution in [0.4, 0.5) is 0 Å². The molecular formula is C15H23NO3. The Kier molecular flexibility index (Phi) is 4.58. The summed E-state index contributed by atoms with van der Waals surface area (Å²) in [6, 6.07) is 9.88. The molecular weight excluding hydrogens is 242 g/mol. The summed E-state index contributed by atoms with van der Waals surface area (Å²) in [6.45, 7) is 6.88. The van der Waals surface area contributed by atoms with Gasteiger partial charge in [0, 0.05) is 6.54 Å². The smallest absolute Gasteiger partial charge is 0.163 e. The van der Waals surface area contributed by atoms with E-state index in [9.17, 15) is 5.21 Å². The topological polar surface area (TPSA) is 41.9 Å². The highest BCUT2D eigenvalue weighted by Crippen LogP contribution is 2.27. The van der Waals surface area contributed by atoms with Crippen LogP contribution in [0.1, 0.15) is 32.8 Å². The summed E-state index contributed by atoms with van der Waals surface area (Å²) < 4.78 is 11.4. The molecule has 1 fully saturated rings. The van der Waals surface area contributed by atoms with E-state index in [0.717, 1.165) is 12.0 Å². The van der Waals surface area contributed by atoms with Crippen LogP contribution in [-0.2, 0) is 16.0 Å². The van der Waals surface area contributed by atoms with Gasteiger partial charge >= 0.3 is 0 Å². The minimum absolute atomic E-state index is 0.0537. The van der Waals surface area contributed by atoms with Crippen LogP contribution < -0.4 is 0 Å². The van der Waals surface area contributed by atoms with E-state index in [4.69, 9.17) is 9.47 Å². The fourth-order valence-corrected chi connectivity index (χ4v) is 2.46. The van der Waals surface area contributed by atoms with Gasteiger partial charge in [-0.15, -0.1) is 0 Å². The predicted octanol–water partition coefficient (Wildman–Crippen LogP) is 2.81. The molecule has 0 bridgehead atoms. The van der Waals surface area contributed by atoms with Crippen LogP contribution in [0.2, 0.25) is 0 Å². The van der Waals surface area contributed by atoms with Crippen molar-refractivity contribution in [2.24, 2.45) is 0 Å². The largest absolute Gasteiger partial charge is 0.348 e. The average Bonchev–Trinajstić information content (AvgIpc) is 2.72. The van der Waals surface area contributed by atoms with Crippen molar-refractivity contribution in [3.8, 4) is 0 Å². The van der Waals surface area contributed by atoms with Gasteiger partial charge in [0.05, 0.1) is 12.6 Å². The predicted molar refractivity (Wildman–Crippen MR) is 72.8 cm³/mol. The maximum atomic E-state index is 10.3. The van der Waals surface area contributed by atoms with Crippen LogP contribution >= 0.6 is 0 Å². The molecule has 19 heavy (non-hydrogen) atoms. The van der Waals surface area contributed by atoms with Gasteiger partial charge in [0.25, 0.3) is 0 Å². The maximum Gasteiger partial charge on any atom is 0.163 e. The minimum Gasteiger partial charge on any atom is -0.348 e. The lowest BCUT2D eigenvalue weighted by atomic mass is 10.1. The summed E-state index contributed by atoms with van der Waals surface area (Å²) in [5.74, 6) is -0.550. The average molecular weight is 265 g/mol. The summed E-state index contributed by atoms with van der Waals surface area (Å²) in [6.07, 6.45) is 0.724. The summed E-state index contributed by atoms with van der Waals surface area (Å²) in [5.41, 5.74) is 1.08. The van der Waals surface area contributed by atoms with Crippen LogP contribution in [0.5, 0.6) is 0 Å². The van der Waals surface area contributed by atoms with Crippen molar-refractivity contribution in [3.63, 3.8) is 0 Å². The lowest BCUT2D eigenvalue weighted by molar-refractivity contribution is -0.189. The molecule has 106 valence electrons. The van der Waals surface area contributed by atoms with Gasteiger partial charge in [-0.2, -0.15) is 5.06 Å². The molecule has 1 aliphatic heterocycles. The van der Waals surface area contributed by atoms with Crippen molar-refractivity contribution >= 4 is 0 Å². The fourth-order valence-electron chi connectivity index (χ4n) is 2.46. The third kappa shape index (κ3) is 3.76. The molecule has 1 aliphatic rings. The lowest BCUT2D eigenvalue weighted by Crippen LogP contribution is -2.42.